The fraction of sp³-hybridized carbons (Fsp3) is 0.500. The fourth-order valence-electron chi connectivity index (χ4n) is 2.75. The van der Waals surface area contributed by atoms with Crippen LogP contribution in [-0.2, 0) is 11.2 Å². The predicted octanol–water partition coefficient (Wildman–Crippen LogP) is 2.46. The molecule has 6 heteroatoms. The molecule has 0 bridgehead atoms. The number of carbonyl (C=O) groups is 1. The van der Waals surface area contributed by atoms with Crippen molar-refractivity contribution in [1.29, 1.82) is 0 Å². The molecule has 5 nitrogen and oxygen atoms in total. The zero-order valence-electron chi connectivity index (χ0n) is 13.1. The molecule has 1 amide bonds. The second-order valence-electron chi connectivity index (χ2n) is 5.75. The van der Waals surface area contributed by atoms with Gasteiger partial charge in [0.2, 0.25) is 11.8 Å². The largest absolute Gasteiger partial charge is 0.440 e. The molecule has 22 heavy (non-hydrogen) atoms. The average molecular weight is 319 g/mol. The van der Waals surface area contributed by atoms with Gasteiger partial charge >= 0.3 is 0 Å². The summed E-state index contributed by atoms with van der Waals surface area (Å²) >= 11 is 1.59. The maximum absolute atomic E-state index is 12.6. The van der Waals surface area contributed by atoms with Crippen LogP contribution in [0.5, 0.6) is 0 Å². The summed E-state index contributed by atoms with van der Waals surface area (Å²) in [7, 11) is 0. The molecule has 118 valence electrons. The number of hydrogen-bond acceptors (Lipinski definition) is 5. The third-order valence-electron chi connectivity index (χ3n) is 4.30. The highest BCUT2D eigenvalue weighted by molar-refractivity contribution is 7.13. The summed E-state index contributed by atoms with van der Waals surface area (Å²) in [6, 6.07) is 4.46. The summed E-state index contributed by atoms with van der Waals surface area (Å²) in [5, 5.41) is 5.38. The van der Waals surface area contributed by atoms with E-state index in [1.165, 1.54) is 0 Å². The third-order valence-corrected chi connectivity index (χ3v) is 5.16. The Morgan fingerprint density at radius 1 is 1.55 bits per heavy atom. The minimum atomic E-state index is 0.120. The number of oxazole rings is 1. The van der Waals surface area contributed by atoms with Crippen LogP contribution in [0.25, 0.3) is 10.8 Å². The topological polar surface area (TPSA) is 58.4 Å². The minimum absolute atomic E-state index is 0.120. The Morgan fingerprint density at radius 2 is 2.36 bits per heavy atom. The van der Waals surface area contributed by atoms with E-state index >= 15 is 0 Å². The molecule has 1 saturated heterocycles. The van der Waals surface area contributed by atoms with Gasteiger partial charge in [-0.05, 0) is 32.2 Å². The number of amides is 1. The van der Waals surface area contributed by atoms with Crippen molar-refractivity contribution in [3.05, 3.63) is 29.0 Å². The molecular formula is C16H21N3O2S. The number of aryl methyl sites for hydroxylation is 1. The van der Waals surface area contributed by atoms with Gasteiger partial charge in [0, 0.05) is 25.2 Å². The van der Waals surface area contributed by atoms with Crippen molar-refractivity contribution in [3.63, 3.8) is 0 Å². The SMILES string of the molecule is Cc1oc(-c2cccs2)nc1CC(=O)N1CCNC(C)C1C. The van der Waals surface area contributed by atoms with Gasteiger partial charge in [0.25, 0.3) is 0 Å². The Morgan fingerprint density at radius 3 is 3.09 bits per heavy atom. The molecule has 2 aromatic rings. The lowest BCUT2D eigenvalue weighted by Gasteiger charge is -2.38. The van der Waals surface area contributed by atoms with Crippen LogP contribution in [0, 0.1) is 6.92 Å². The molecular weight excluding hydrogens is 298 g/mol. The third kappa shape index (κ3) is 2.94. The van der Waals surface area contributed by atoms with Crippen molar-refractivity contribution >= 4 is 17.2 Å². The van der Waals surface area contributed by atoms with Crippen molar-refractivity contribution in [2.45, 2.75) is 39.3 Å². The second-order valence-corrected chi connectivity index (χ2v) is 6.69. The number of carbonyl (C=O) groups excluding carboxylic acids is 1. The lowest BCUT2D eigenvalue weighted by atomic mass is 10.1. The normalized spacial score (nSPS) is 22.0. The van der Waals surface area contributed by atoms with Crippen LogP contribution in [0.4, 0.5) is 0 Å². The van der Waals surface area contributed by atoms with E-state index in [-0.39, 0.29) is 11.9 Å². The number of hydrogen-bond donors (Lipinski definition) is 1. The van der Waals surface area contributed by atoms with Crippen LogP contribution in [0.3, 0.4) is 0 Å². The Bertz CT molecular complexity index is 650. The molecule has 2 atom stereocenters. The average Bonchev–Trinajstić information content (AvgIpc) is 3.12. The summed E-state index contributed by atoms with van der Waals surface area (Å²) in [5.41, 5.74) is 0.742. The van der Waals surface area contributed by atoms with E-state index in [1.807, 2.05) is 29.3 Å². The monoisotopic (exact) mass is 319 g/mol. The van der Waals surface area contributed by atoms with Gasteiger partial charge in [-0.2, -0.15) is 0 Å². The van der Waals surface area contributed by atoms with Gasteiger partial charge in [0.1, 0.15) is 5.76 Å². The lowest BCUT2D eigenvalue weighted by molar-refractivity contribution is -0.134. The van der Waals surface area contributed by atoms with E-state index < -0.39 is 0 Å². The van der Waals surface area contributed by atoms with Gasteiger partial charge in [0.05, 0.1) is 17.0 Å². The predicted molar refractivity (Wildman–Crippen MR) is 86.9 cm³/mol. The Labute approximate surface area is 134 Å². The first kappa shape index (κ1) is 15.2. The molecule has 1 N–H and O–H groups in total. The Balaban J connectivity index is 1.74. The van der Waals surface area contributed by atoms with E-state index in [4.69, 9.17) is 4.42 Å². The molecule has 0 aromatic carbocycles. The molecule has 1 fully saturated rings. The van der Waals surface area contributed by atoms with Gasteiger partial charge in [0.15, 0.2) is 0 Å². The van der Waals surface area contributed by atoms with Crippen LogP contribution < -0.4 is 5.32 Å². The molecule has 0 spiro atoms. The van der Waals surface area contributed by atoms with E-state index in [9.17, 15) is 4.79 Å². The van der Waals surface area contributed by atoms with Gasteiger partial charge < -0.3 is 14.6 Å². The number of aromatic nitrogens is 1. The quantitative estimate of drug-likeness (QED) is 0.944. The molecule has 0 aliphatic carbocycles. The molecule has 3 heterocycles. The molecule has 0 saturated carbocycles. The van der Waals surface area contributed by atoms with Gasteiger partial charge in [-0.1, -0.05) is 6.07 Å². The van der Waals surface area contributed by atoms with Crippen LogP contribution in [0.1, 0.15) is 25.3 Å². The number of nitrogens with zero attached hydrogens (tertiary/aromatic N) is 2. The maximum Gasteiger partial charge on any atom is 0.236 e. The summed E-state index contributed by atoms with van der Waals surface area (Å²) < 4.78 is 5.71. The van der Waals surface area contributed by atoms with E-state index in [0.717, 1.165) is 29.4 Å². The first-order valence-electron chi connectivity index (χ1n) is 7.59. The molecule has 0 radical (unpaired) electrons. The highest BCUT2D eigenvalue weighted by Crippen LogP contribution is 2.26. The summed E-state index contributed by atoms with van der Waals surface area (Å²) in [4.78, 5) is 20.0. The van der Waals surface area contributed by atoms with Crippen LogP contribution in [0.15, 0.2) is 21.9 Å². The highest BCUT2D eigenvalue weighted by Gasteiger charge is 2.29. The molecule has 2 aromatic heterocycles. The van der Waals surface area contributed by atoms with Gasteiger partial charge in [-0.15, -0.1) is 11.3 Å². The molecule has 2 unspecified atom stereocenters. The van der Waals surface area contributed by atoms with Crippen LogP contribution in [0.2, 0.25) is 0 Å². The number of rotatable bonds is 3. The van der Waals surface area contributed by atoms with Crippen molar-refractivity contribution < 1.29 is 9.21 Å². The Kier molecular flexibility index (Phi) is 4.31. The molecule has 3 rings (SSSR count). The zero-order valence-corrected chi connectivity index (χ0v) is 13.9. The van der Waals surface area contributed by atoms with Crippen molar-refractivity contribution in [2.75, 3.05) is 13.1 Å². The standard InChI is InChI=1S/C16H21N3O2S/c1-10-11(2)19(7-6-17-10)15(20)9-13-12(3)21-16(18-13)14-5-4-8-22-14/h4-5,8,10-11,17H,6-7,9H2,1-3H3. The fourth-order valence-corrected chi connectivity index (χ4v) is 3.40. The van der Waals surface area contributed by atoms with E-state index in [1.54, 1.807) is 11.3 Å². The number of thiophene rings is 1. The van der Waals surface area contributed by atoms with Crippen LogP contribution >= 0.6 is 11.3 Å². The summed E-state index contributed by atoms with van der Waals surface area (Å²) in [6.45, 7) is 7.66. The summed E-state index contributed by atoms with van der Waals surface area (Å²) in [6.07, 6.45) is 0.303. The van der Waals surface area contributed by atoms with Crippen molar-refractivity contribution in [1.82, 2.24) is 15.2 Å². The smallest absolute Gasteiger partial charge is 0.236 e. The molecule has 1 aliphatic heterocycles. The second kappa shape index (κ2) is 6.22. The summed E-state index contributed by atoms with van der Waals surface area (Å²) in [5.74, 6) is 1.46. The van der Waals surface area contributed by atoms with Crippen LogP contribution in [-0.4, -0.2) is 41.0 Å². The van der Waals surface area contributed by atoms with Gasteiger partial charge in [-0.25, -0.2) is 4.98 Å². The lowest BCUT2D eigenvalue weighted by Crippen LogP contribution is -2.57. The zero-order chi connectivity index (χ0) is 15.7. The Hall–Kier alpha value is -1.66. The van der Waals surface area contributed by atoms with Crippen molar-refractivity contribution in [2.24, 2.45) is 0 Å². The molecule has 1 aliphatic rings. The van der Waals surface area contributed by atoms with E-state index in [0.29, 0.717) is 18.4 Å². The number of nitrogens with one attached hydrogen (secondary N) is 1. The van der Waals surface area contributed by atoms with Gasteiger partial charge in [-0.3, -0.25) is 4.79 Å². The van der Waals surface area contributed by atoms with Crippen molar-refractivity contribution in [3.8, 4) is 10.8 Å². The minimum Gasteiger partial charge on any atom is -0.440 e. The number of piperazine rings is 1. The maximum atomic E-state index is 12.6. The first-order chi connectivity index (χ1) is 10.6. The first-order valence-corrected chi connectivity index (χ1v) is 8.47. The van der Waals surface area contributed by atoms with E-state index in [2.05, 4.69) is 24.1 Å². The highest BCUT2D eigenvalue weighted by atomic mass is 32.1.